The van der Waals surface area contributed by atoms with Crippen molar-refractivity contribution in [1.29, 1.82) is 5.26 Å². The van der Waals surface area contributed by atoms with Crippen LogP contribution in [0.1, 0.15) is 24.0 Å². The molecule has 0 N–H and O–H groups in total. The fraction of sp³-hybridized carbons (Fsp3) is 0.300. The summed E-state index contributed by atoms with van der Waals surface area (Å²) in [7, 11) is 0. The summed E-state index contributed by atoms with van der Waals surface area (Å²) in [4.78, 5) is 0. The molecule has 68 valence electrons. The summed E-state index contributed by atoms with van der Waals surface area (Å²) in [5.74, 6) is -0.730. The monoisotopic (exact) mass is 241 g/mol. The van der Waals surface area contributed by atoms with Crippen LogP contribution in [0.4, 0.5) is 4.39 Å². The van der Waals surface area contributed by atoms with Crippen LogP contribution in [-0.2, 0) is 0 Å². The van der Waals surface area contributed by atoms with Crippen molar-refractivity contribution in [3.05, 3.63) is 33.5 Å². The highest BCUT2D eigenvalue weighted by atomic mass is 79.9. The molecule has 1 aromatic carbocycles. The van der Waals surface area contributed by atoms with Crippen molar-refractivity contribution in [3.8, 4) is 6.07 Å². The fourth-order valence-corrected chi connectivity index (χ4v) is 1.60. The maximum atomic E-state index is 13.5. The normalized spacial score (nSPS) is 12.2. The molecule has 0 amide bonds. The van der Waals surface area contributed by atoms with Gasteiger partial charge in [0.05, 0.1) is 16.5 Å². The zero-order valence-corrected chi connectivity index (χ0v) is 9.02. The highest BCUT2D eigenvalue weighted by molar-refractivity contribution is 9.10. The summed E-state index contributed by atoms with van der Waals surface area (Å²) in [6.45, 7) is 3.50. The van der Waals surface area contributed by atoms with Crippen LogP contribution in [0.3, 0.4) is 0 Å². The van der Waals surface area contributed by atoms with E-state index in [9.17, 15) is 4.39 Å². The Balaban J connectivity index is 3.35. The molecule has 0 bridgehead atoms. The zero-order valence-electron chi connectivity index (χ0n) is 7.44. The third-order valence-electron chi connectivity index (χ3n) is 1.98. The van der Waals surface area contributed by atoms with E-state index < -0.39 is 5.92 Å². The van der Waals surface area contributed by atoms with Crippen molar-refractivity contribution in [2.45, 2.75) is 19.8 Å². The quantitative estimate of drug-likeness (QED) is 0.739. The SMILES string of the molecule is Cc1ccc(Br)c(F)c1C(C)C#N. The van der Waals surface area contributed by atoms with Gasteiger partial charge < -0.3 is 0 Å². The summed E-state index contributed by atoms with van der Waals surface area (Å²) >= 11 is 3.09. The number of nitriles is 1. The molecule has 0 spiro atoms. The molecule has 1 atom stereocenters. The van der Waals surface area contributed by atoms with E-state index in [0.29, 0.717) is 10.0 Å². The lowest BCUT2D eigenvalue weighted by Gasteiger charge is -2.09. The Bertz CT molecular complexity index is 368. The lowest BCUT2D eigenvalue weighted by atomic mass is 9.97. The van der Waals surface area contributed by atoms with Crippen LogP contribution < -0.4 is 0 Å². The number of rotatable bonds is 1. The van der Waals surface area contributed by atoms with Crippen molar-refractivity contribution < 1.29 is 4.39 Å². The average Bonchev–Trinajstić information content (AvgIpc) is 2.12. The number of benzene rings is 1. The molecule has 0 saturated heterocycles. The van der Waals surface area contributed by atoms with Gasteiger partial charge in [0, 0.05) is 5.56 Å². The van der Waals surface area contributed by atoms with Gasteiger partial charge in [-0.2, -0.15) is 5.26 Å². The summed E-state index contributed by atoms with van der Waals surface area (Å²) in [5.41, 5.74) is 1.30. The maximum absolute atomic E-state index is 13.5. The van der Waals surface area contributed by atoms with Crippen molar-refractivity contribution in [3.63, 3.8) is 0 Å². The van der Waals surface area contributed by atoms with E-state index >= 15 is 0 Å². The molecule has 1 aromatic rings. The second-order valence-electron chi connectivity index (χ2n) is 2.94. The minimum Gasteiger partial charge on any atom is -0.205 e. The van der Waals surface area contributed by atoms with Crippen LogP contribution in [0.15, 0.2) is 16.6 Å². The second kappa shape index (κ2) is 3.89. The van der Waals surface area contributed by atoms with E-state index in [4.69, 9.17) is 5.26 Å². The minimum atomic E-state index is -0.405. The van der Waals surface area contributed by atoms with E-state index in [1.807, 2.05) is 6.07 Å². The Labute approximate surface area is 85.3 Å². The first-order valence-electron chi connectivity index (χ1n) is 3.92. The van der Waals surface area contributed by atoms with Gasteiger partial charge in [-0.3, -0.25) is 0 Å². The molecular formula is C10H9BrFN. The van der Waals surface area contributed by atoms with E-state index in [1.165, 1.54) is 0 Å². The van der Waals surface area contributed by atoms with Gasteiger partial charge in [-0.15, -0.1) is 0 Å². The van der Waals surface area contributed by atoms with Crippen LogP contribution >= 0.6 is 15.9 Å². The summed E-state index contributed by atoms with van der Waals surface area (Å²) in [6, 6.07) is 5.48. The topological polar surface area (TPSA) is 23.8 Å². The Hall–Kier alpha value is -0.880. The molecule has 0 aromatic heterocycles. The zero-order chi connectivity index (χ0) is 10.0. The lowest BCUT2D eigenvalue weighted by Crippen LogP contribution is -1.99. The molecule has 13 heavy (non-hydrogen) atoms. The Morgan fingerprint density at radius 1 is 1.54 bits per heavy atom. The molecule has 0 fully saturated rings. The van der Waals surface area contributed by atoms with Crippen molar-refractivity contribution >= 4 is 15.9 Å². The highest BCUT2D eigenvalue weighted by Crippen LogP contribution is 2.27. The van der Waals surface area contributed by atoms with Crippen LogP contribution in [0.2, 0.25) is 0 Å². The Morgan fingerprint density at radius 2 is 2.15 bits per heavy atom. The number of hydrogen-bond donors (Lipinski definition) is 0. The molecule has 0 saturated carbocycles. The second-order valence-corrected chi connectivity index (χ2v) is 3.80. The van der Waals surface area contributed by atoms with E-state index in [1.54, 1.807) is 26.0 Å². The lowest BCUT2D eigenvalue weighted by molar-refractivity contribution is 0.597. The van der Waals surface area contributed by atoms with Crippen LogP contribution in [0.5, 0.6) is 0 Å². The fourth-order valence-electron chi connectivity index (χ4n) is 1.26. The highest BCUT2D eigenvalue weighted by Gasteiger charge is 2.15. The Morgan fingerprint density at radius 3 is 2.69 bits per heavy atom. The molecule has 0 radical (unpaired) electrons. The first-order valence-corrected chi connectivity index (χ1v) is 4.71. The Kier molecular flexibility index (Phi) is 3.05. The number of aryl methyl sites for hydroxylation is 1. The molecule has 1 nitrogen and oxygen atoms in total. The van der Waals surface area contributed by atoms with Gasteiger partial charge in [-0.25, -0.2) is 4.39 Å². The average molecular weight is 242 g/mol. The van der Waals surface area contributed by atoms with Gasteiger partial charge in [0.25, 0.3) is 0 Å². The molecule has 0 aliphatic carbocycles. The molecular weight excluding hydrogens is 233 g/mol. The third kappa shape index (κ3) is 1.89. The minimum absolute atomic E-state index is 0.325. The van der Waals surface area contributed by atoms with Crippen molar-refractivity contribution in [2.24, 2.45) is 0 Å². The van der Waals surface area contributed by atoms with E-state index in [0.717, 1.165) is 5.56 Å². The smallest absolute Gasteiger partial charge is 0.142 e. The van der Waals surface area contributed by atoms with E-state index in [-0.39, 0.29) is 5.82 Å². The van der Waals surface area contributed by atoms with Crippen molar-refractivity contribution in [1.82, 2.24) is 0 Å². The van der Waals surface area contributed by atoms with Gasteiger partial charge in [0.1, 0.15) is 5.82 Å². The molecule has 0 aliphatic heterocycles. The van der Waals surface area contributed by atoms with E-state index in [2.05, 4.69) is 15.9 Å². The molecule has 1 rings (SSSR count). The number of halogens is 2. The van der Waals surface area contributed by atoms with Crippen LogP contribution in [0, 0.1) is 24.1 Å². The van der Waals surface area contributed by atoms with Gasteiger partial charge in [-0.1, -0.05) is 6.07 Å². The molecule has 0 aliphatic rings. The predicted octanol–water partition coefficient (Wildman–Crippen LogP) is 3.52. The standard InChI is InChI=1S/C10H9BrFN/c1-6-3-4-8(11)10(12)9(6)7(2)5-13/h3-4,7H,1-2H3. The molecule has 3 heteroatoms. The molecule has 0 heterocycles. The first kappa shape index (κ1) is 10.2. The summed E-state index contributed by atoms with van der Waals surface area (Å²) in [6.07, 6.45) is 0. The van der Waals surface area contributed by atoms with Gasteiger partial charge in [0.2, 0.25) is 0 Å². The molecule has 1 unspecified atom stereocenters. The maximum Gasteiger partial charge on any atom is 0.142 e. The van der Waals surface area contributed by atoms with Crippen LogP contribution in [-0.4, -0.2) is 0 Å². The third-order valence-corrected chi connectivity index (χ3v) is 2.59. The van der Waals surface area contributed by atoms with Crippen molar-refractivity contribution in [2.75, 3.05) is 0 Å². The van der Waals surface area contributed by atoms with Crippen LogP contribution in [0.25, 0.3) is 0 Å². The summed E-state index contributed by atoms with van der Waals surface area (Å²) < 4.78 is 13.9. The van der Waals surface area contributed by atoms with Gasteiger partial charge in [0.15, 0.2) is 0 Å². The largest absolute Gasteiger partial charge is 0.205 e. The number of nitrogens with zero attached hydrogens (tertiary/aromatic N) is 1. The predicted molar refractivity (Wildman–Crippen MR) is 52.9 cm³/mol. The van der Waals surface area contributed by atoms with Gasteiger partial charge >= 0.3 is 0 Å². The van der Waals surface area contributed by atoms with Gasteiger partial charge in [-0.05, 0) is 41.4 Å². The summed E-state index contributed by atoms with van der Waals surface area (Å²) in [5, 5.41) is 8.70. The number of hydrogen-bond acceptors (Lipinski definition) is 1. The first-order chi connectivity index (χ1) is 6.07.